The van der Waals surface area contributed by atoms with E-state index in [2.05, 4.69) is 15.9 Å². The van der Waals surface area contributed by atoms with Gasteiger partial charge in [-0.2, -0.15) is 0 Å². The predicted octanol–water partition coefficient (Wildman–Crippen LogP) is 5.58. The maximum atomic E-state index is 12.4. The molecule has 0 aliphatic heterocycles. The number of esters is 1. The molecule has 6 heteroatoms. The highest BCUT2D eigenvalue weighted by molar-refractivity contribution is 9.10. The lowest BCUT2D eigenvalue weighted by atomic mass is 10.1. The normalized spacial score (nSPS) is 10.6. The predicted molar refractivity (Wildman–Crippen MR) is 118 cm³/mol. The van der Waals surface area contributed by atoms with Crippen LogP contribution in [0.5, 0.6) is 17.2 Å². The van der Waals surface area contributed by atoms with E-state index in [1.54, 1.807) is 67.8 Å². The van der Waals surface area contributed by atoms with Gasteiger partial charge >= 0.3 is 5.97 Å². The van der Waals surface area contributed by atoms with E-state index in [1.807, 2.05) is 12.1 Å². The number of hydrogen-bond donors (Lipinski definition) is 0. The number of benzene rings is 3. The fraction of sp³-hybridized carbons (Fsp3) is 0.0833. The summed E-state index contributed by atoms with van der Waals surface area (Å²) < 4.78 is 16.8. The monoisotopic (exact) mass is 466 g/mol. The van der Waals surface area contributed by atoms with Crippen LogP contribution in [0.25, 0.3) is 6.08 Å². The van der Waals surface area contributed by atoms with Crippen molar-refractivity contribution in [3.63, 3.8) is 0 Å². The molecular weight excluding hydrogens is 448 g/mol. The molecule has 3 rings (SSSR count). The molecule has 0 atom stereocenters. The van der Waals surface area contributed by atoms with Crippen LogP contribution in [0, 0.1) is 0 Å². The van der Waals surface area contributed by atoms with Gasteiger partial charge in [-0.3, -0.25) is 4.79 Å². The molecule has 152 valence electrons. The number of hydrogen-bond acceptors (Lipinski definition) is 5. The molecule has 30 heavy (non-hydrogen) atoms. The van der Waals surface area contributed by atoms with Gasteiger partial charge in [0, 0.05) is 10.0 Å². The van der Waals surface area contributed by atoms with E-state index in [1.165, 1.54) is 13.2 Å². The average Bonchev–Trinajstić information content (AvgIpc) is 2.78. The van der Waals surface area contributed by atoms with Gasteiger partial charge in [0.2, 0.25) is 0 Å². The van der Waals surface area contributed by atoms with Crippen molar-refractivity contribution in [2.75, 3.05) is 14.2 Å². The summed E-state index contributed by atoms with van der Waals surface area (Å²) in [6.07, 6.45) is 3.17. The van der Waals surface area contributed by atoms with Crippen LogP contribution in [0.3, 0.4) is 0 Å². The van der Waals surface area contributed by atoms with Crippen LogP contribution in [0.1, 0.15) is 26.3 Å². The minimum atomic E-state index is -0.510. The van der Waals surface area contributed by atoms with E-state index in [-0.39, 0.29) is 11.5 Å². The number of carbonyl (C=O) groups is 2. The molecule has 0 aliphatic rings. The van der Waals surface area contributed by atoms with Crippen molar-refractivity contribution < 1.29 is 23.8 Å². The number of halogens is 1. The Morgan fingerprint density at radius 2 is 1.47 bits per heavy atom. The van der Waals surface area contributed by atoms with Crippen LogP contribution in [0.2, 0.25) is 0 Å². The lowest BCUT2D eigenvalue weighted by molar-refractivity contribution is 0.0729. The molecular formula is C24H19BrO5. The van der Waals surface area contributed by atoms with Crippen LogP contribution in [-0.2, 0) is 0 Å². The molecule has 0 amide bonds. The second kappa shape index (κ2) is 9.89. The van der Waals surface area contributed by atoms with E-state index in [0.29, 0.717) is 22.6 Å². The lowest BCUT2D eigenvalue weighted by Gasteiger charge is -2.10. The first-order valence-electron chi connectivity index (χ1n) is 9.02. The van der Waals surface area contributed by atoms with Crippen molar-refractivity contribution >= 4 is 33.8 Å². The molecule has 0 N–H and O–H groups in total. The maximum Gasteiger partial charge on any atom is 0.343 e. The van der Waals surface area contributed by atoms with Crippen LogP contribution < -0.4 is 14.2 Å². The number of ether oxygens (including phenoxy) is 3. The Hall–Kier alpha value is -3.38. The minimum Gasteiger partial charge on any atom is -0.497 e. The van der Waals surface area contributed by atoms with Gasteiger partial charge in [0.05, 0.1) is 19.8 Å². The molecule has 3 aromatic carbocycles. The first-order chi connectivity index (χ1) is 14.5. The van der Waals surface area contributed by atoms with Gasteiger partial charge in [0.15, 0.2) is 17.3 Å². The number of ketones is 1. The molecule has 0 saturated heterocycles. The van der Waals surface area contributed by atoms with E-state index in [0.717, 1.165) is 10.0 Å². The standard InChI is InChI=1S/C24H19BrO5/c1-28-20-11-7-18(8-12-20)24(27)30-22-14-4-16(15-23(22)29-2)3-13-21(26)17-5-9-19(25)10-6-17/h3-15H,1-2H3. The molecule has 0 radical (unpaired) electrons. The maximum absolute atomic E-state index is 12.4. The van der Waals surface area contributed by atoms with Crippen LogP contribution in [0.4, 0.5) is 0 Å². The van der Waals surface area contributed by atoms with E-state index >= 15 is 0 Å². The summed E-state index contributed by atoms with van der Waals surface area (Å²) in [6, 6.07) is 18.8. The summed E-state index contributed by atoms with van der Waals surface area (Å²) in [7, 11) is 3.04. The Labute approximate surface area is 183 Å². The minimum absolute atomic E-state index is 0.114. The molecule has 0 fully saturated rings. The smallest absolute Gasteiger partial charge is 0.343 e. The second-order valence-electron chi connectivity index (χ2n) is 6.23. The van der Waals surface area contributed by atoms with E-state index < -0.39 is 5.97 Å². The van der Waals surface area contributed by atoms with Crippen LogP contribution in [0.15, 0.2) is 77.3 Å². The molecule has 0 unspecified atom stereocenters. The quantitative estimate of drug-likeness (QED) is 0.197. The van der Waals surface area contributed by atoms with Crippen molar-refractivity contribution in [2.24, 2.45) is 0 Å². The van der Waals surface area contributed by atoms with Crippen molar-refractivity contribution in [3.8, 4) is 17.2 Å². The second-order valence-corrected chi connectivity index (χ2v) is 7.15. The third kappa shape index (κ3) is 5.36. The Balaban J connectivity index is 1.73. The third-order valence-electron chi connectivity index (χ3n) is 4.27. The molecule has 5 nitrogen and oxygen atoms in total. The number of carbonyl (C=O) groups excluding carboxylic acids is 2. The topological polar surface area (TPSA) is 61.8 Å². The molecule has 0 aliphatic carbocycles. The summed E-state index contributed by atoms with van der Waals surface area (Å²) in [5, 5.41) is 0. The number of allylic oxidation sites excluding steroid dienone is 1. The Morgan fingerprint density at radius 1 is 0.800 bits per heavy atom. The summed E-state index contributed by atoms with van der Waals surface area (Å²) in [4.78, 5) is 24.7. The molecule has 3 aromatic rings. The van der Waals surface area contributed by atoms with Gasteiger partial charge in [-0.1, -0.05) is 28.1 Å². The summed E-state index contributed by atoms with van der Waals surface area (Å²) in [6.45, 7) is 0. The molecule has 0 bridgehead atoms. The summed E-state index contributed by atoms with van der Waals surface area (Å²) >= 11 is 3.35. The van der Waals surface area contributed by atoms with Gasteiger partial charge in [0.25, 0.3) is 0 Å². The van der Waals surface area contributed by atoms with E-state index in [4.69, 9.17) is 14.2 Å². The summed E-state index contributed by atoms with van der Waals surface area (Å²) in [5.74, 6) is 0.698. The van der Waals surface area contributed by atoms with Crippen molar-refractivity contribution in [1.82, 2.24) is 0 Å². The fourth-order valence-corrected chi connectivity index (χ4v) is 2.90. The Bertz CT molecular complexity index is 1070. The van der Waals surface area contributed by atoms with Gasteiger partial charge in [-0.25, -0.2) is 4.79 Å². The van der Waals surface area contributed by atoms with Crippen molar-refractivity contribution in [1.29, 1.82) is 0 Å². The molecule has 0 spiro atoms. The average molecular weight is 467 g/mol. The fourth-order valence-electron chi connectivity index (χ4n) is 2.64. The number of methoxy groups -OCH3 is 2. The zero-order chi connectivity index (χ0) is 21.5. The first kappa shape index (κ1) is 21.3. The van der Waals surface area contributed by atoms with Crippen LogP contribution in [-0.4, -0.2) is 26.0 Å². The van der Waals surface area contributed by atoms with Gasteiger partial charge in [-0.15, -0.1) is 0 Å². The zero-order valence-corrected chi connectivity index (χ0v) is 18.0. The Kier molecular flexibility index (Phi) is 7.03. The van der Waals surface area contributed by atoms with Crippen LogP contribution >= 0.6 is 15.9 Å². The molecule has 0 aromatic heterocycles. The third-order valence-corrected chi connectivity index (χ3v) is 4.80. The highest BCUT2D eigenvalue weighted by Gasteiger charge is 2.13. The van der Waals surface area contributed by atoms with Gasteiger partial charge in [0.1, 0.15) is 5.75 Å². The van der Waals surface area contributed by atoms with Gasteiger partial charge < -0.3 is 14.2 Å². The molecule has 0 saturated carbocycles. The van der Waals surface area contributed by atoms with E-state index in [9.17, 15) is 9.59 Å². The zero-order valence-electron chi connectivity index (χ0n) is 16.4. The Morgan fingerprint density at radius 3 is 2.10 bits per heavy atom. The first-order valence-corrected chi connectivity index (χ1v) is 9.81. The lowest BCUT2D eigenvalue weighted by Crippen LogP contribution is -2.09. The summed E-state index contributed by atoms with van der Waals surface area (Å²) in [5.41, 5.74) is 1.72. The number of rotatable bonds is 7. The highest BCUT2D eigenvalue weighted by Crippen LogP contribution is 2.29. The van der Waals surface area contributed by atoms with Gasteiger partial charge in [-0.05, 0) is 72.3 Å². The van der Waals surface area contributed by atoms with Crippen molar-refractivity contribution in [2.45, 2.75) is 0 Å². The SMILES string of the molecule is COc1ccc(C(=O)Oc2ccc(C=CC(=O)c3ccc(Br)cc3)cc2OC)cc1. The largest absolute Gasteiger partial charge is 0.497 e. The molecule has 0 heterocycles. The van der Waals surface area contributed by atoms with Crippen molar-refractivity contribution in [3.05, 3.63) is 94.0 Å². The highest BCUT2D eigenvalue weighted by atomic mass is 79.9.